The van der Waals surface area contributed by atoms with Gasteiger partial charge in [-0.3, -0.25) is 14.8 Å². The van der Waals surface area contributed by atoms with Crippen LogP contribution in [0.25, 0.3) is 0 Å². The minimum atomic E-state index is -0.303. The smallest absolute Gasteiger partial charge is 0.324 e. The van der Waals surface area contributed by atoms with Crippen molar-refractivity contribution in [2.45, 2.75) is 52.0 Å². The maximum atomic E-state index is 14.1. The number of urea groups is 1. The summed E-state index contributed by atoms with van der Waals surface area (Å²) in [6, 6.07) is 4.99. The molecule has 2 N–H and O–H groups in total. The van der Waals surface area contributed by atoms with Gasteiger partial charge in [-0.1, -0.05) is 38.3 Å². The second kappa shape index (κ2) is 11.0. The molecule has 30 heavy (non-hydrogen) atoms. The Bertz CT molecular complexity index is 742. The van der Waals surface area contributed by atoms with Crippen LogP contribution in [-0.2, 0) is 4.79 Å². The molecule has 2 aliphatic rings. The molecule has 6 nitrogen and oxygen atoms in total. The normalized spacial score (nSPS) is 17.5. The molecule has 1 aliphatic carbocycles. The summed E-state index contributed by atoms with van der Waals surface area (Å²) >= 11 is 1.67. The monoisotopic (exact) mass is 437 g/mol. The van der Waals surface area contributed by atoms with Crippen molar-refractivity contribution in [2.75, 3.05) is 25.4 Å². The van der Waals surface area contributed by atoms with E-state index < -0.39 is 0 Å². The van der Waals surface area contributed by atoms with Crippen LogP contribution in [0.3, 0.4) is 0 Å². The van der Waals surface area contributed by atoms with E-state index in [1.807, 2.05) is 12.1 Å². The maximum Gasteiger partial charge on any atom is 0.324 e. The molecule has 1 heterocycles. The van der Waals surface area contributed by atoms with Crippen LogP contribution in [0.4, 0.5) is 9.18 Å². The molecule has 1 aromatic carbocycles. The molecule has 8 heteroatoms. The van der Waals surface area contributed by atoms with E-state index in [0.717, 1.165) is 30.6 Å². The van der Waals surface area contributed by atoms with Gasteiger partial charge >= 0.3 is 6.03 Å². The number of carbonyl (C=O) groups excluding carboxylic acids is 2. The van der Waals surface area contributed by atoms with E-state index in [9.17, 15) is 14.0 Å². The first-order chi connectivity index (χ1) is 14.4. The first kappa shape index (κ1) is 22.9. The van der Waals surface area contributed by atoms with Gasteiger partial charge in [0.15, 0.2) is 11.6 Å². The molecule has 0 spiro atoms. The summed E-state index contributed by atoms with van der Waals surface area (Å²) in [5.41, 5.74) is 1.04. The number of unbranched alkanes of at least 4 members (excludes halogenated alkanes) is 2. The van der Waals surface area contributed by atoms with E-state index in [2.05, 4.69) is 23.9 Å². The Morgan fingerprint density at radius 3 is 2.73 bits per heavy atom. The van der Waals surface area contributed by atoms with Crippen molar-refractivity contribution in [3.63, 3.8) is 0 Å². The van der Waals surface area contributed by atoms with Crippen LogP contribution in [0.1, 0.15) is 57.6 Å². The Morgan fingerprint density at radius 2 is 2.07 bits per heavy atom. The third-order valence-corrected chi connectivity index (χ3v) is 6.32. The number of imide groups is 1. The van der Waals surface area contributed by atoms with Crippen molar-refractivity contribution >= 4 is 23.9 Å². The fraction of sp³-hybridized carbons (Fsp3) is 0.636. The summed E-state index contributed by atoms with van der Waals surface area (Å²) in [5.74, 6) is 1.71. The van der Waals surface area contributed by atoms with Gasteiger partial charge < -0.3 is 9.64 Å². The van der Waals surface area contributed by atoms with Gasteiger partial charge in [0.2, 0.25) is 5.91 Å². The number of nitrogens with one attached hydrogen (secondary N) is 2. The van der Waals surface area contributed by atoms with Gasteiger partial charge in [0.25, 0.3) is 0 Å². The highest BCUT2D eigenvalue weighted by Crippen LogP contribution is 2.32. The molecule has 1 aromatic rings. The van der Waals surface area contributed by atoms with E-state index >= 15 is 0 Å². The van der Waals surface area contributed by atoms with Gasteiger partial charge in [-0.15, -0.1) is 0 Å². The maximum absolute atomic E-state index is 14.1. The average molecular weight is 438 g/mol. The lowest BCUT2D eigenvalue weighted by Gasteiger charge is -2.23. The summed E-state index contributed by atoms with van der Waals surface area (Å²) in [6.07, 6.45) is 5.25. The van der Waals surface area contributed by atoms with Crippen LogP contribution in [0.2, 0.25) is 0 Å². The van der Waals surface area contributed by atoms with E-state index in [4.69, 9.17) is 4.74 Å². The second-order valence-electron chi connectivity index (χ2n) is 8.47. The van der Waals surface area contributed by atoms with E-state index in [-0.39, 0.29) is 30.3 Å². The van der Waals surface area contributed by atoms with Gasteiger partial charge in [0, 0.05) is 18.3 Å². The molecule has 0 radical (unpaired) electrons. The Morgan fingerprint density at radius 1 is 1.27 bits per heavy atom. The second-order valence-corrected chi connectivity index (χ2v) is 9.40. The molecule has 1 unspecified atom stereocenters. The highest BCUT2D eigenvalue weighted by Gasteiger charge is 2.26. The van der Waals surface area contributed by atoms with Crippen LogP contribution < -0.4 is 14.8 Å². The van der Waals surface area contributed by atoms with Crippen LogP contribution in [0.5, 0.6) is 5.75 Å². The van der Waals surface area contributed by atoms with Gasteiger partial charge in [-0.05, 0) is 55.2 Å². The first-order valence-corrected chi connectivity index (χ1v) is 11.8. The van der Waals surface area contributed by atoms with Gasteiger partial charge in [-0.2, -0.15) is 0 Å². The summed E-state index contributed by atoms with van der Waals surface area (Å²) in [4.78, 5) is 24.2. The standard InChI is InChI=1S/C22H32FN3O3S/c1-15(2)21(17-8-9-18(23)19(12-17)29-14-16-6-7-16)25-30-11-5-3-4-10-26-13-20(27)24-22(26)28/h8-9,12,15-16,21,25H,3-7,10-11,13-14H2,1-2H3,(H,24,27,28). The number of halogens is 1. The number of hydrogen-bond acceptors (Lipinski definition) is 5. The molecular formula is C22H32FN3O3S. The minimum absolute atomic E-state index is 0.109. The van der Waals surface area contributed by atoms with Crippen molar-refractivity contribution in [1.82, 2.24) is 14.9 Å². The molecule has 1 aliphatic heterocycles. The van der Waals surface area contributed by atoms with Crippen LogP contribution >= 0.6 is 11.9 Å². The van der Waals surface area contributed by atoms with Gasteiger partial charge in [0.1, 0.15) is 6.54 Å². The molecule has 166 valence electrons. The fourth-order valence-electron chi connectivity index (χ4n) is 3.37. The SMILES string of the molecule is CC(C)C(NSCCCCCN1CC(=O)NC1=O)c1ccc(F)c(OCC2CC2)c1. The Kier molecular flexibility index (Phi) is 8.39. The quantitative estimate of drug-likeness (QED) is 0.274. The van der Waals surface area contributed by atoms with Crippen molar-refractivity contribution < 1.29 is 18.7 Å². The highest BCUT2D eigenvalue weighted by molar-refractivity contribution is 7.97. The molecule has 3 amide bonds. The number of ether oxygens (including phenoxy) is 1. The molecule has 3 rings (SSSR count). The Labute approximate surface area is 182 Å². The predicted octanol–water partition coefficient (Wildman–Crippen LogP) is 4.27. The number of nitrogens with zero attached hydrogens (tertiary/aromatic N) is 1. The zero-order chi connectivity index (χ0) is 21.5. The molecule has 2 fully saturated rings. The summed E-state index contributed by atoms with van der Waals surface area (Å²) in [7, 11) is 0. The Hall–Kier alpha value is -1.80. The van der Waals surface area contributed by atoms with Gasteiger partial charge in [0.05, 0.1) is 6.61 Å². The average Bonchev–Trinajstić information content (AvgIpc) is 3.47. The molecule has 1 saturated carbocycles. The van der Waals surface area contributed by atoms with Crippen molar-refractivity contribution in [1.29, 1.82) is 0 Å². The Balaban J connectivity index is 1.38. The predicted molar refractivity (Wildman–Crippen MR) is 117 cm³/mol. The van der Waals surface area contributed by atoms with E-state index in [1.54, 1.807) is 16.8 Å². The van der Waals surface area contributed by atoms with Crippen molar-refractivity contribution in [2.24, 2.45) is 11.8 Å². The lowest BCUT2D eigenvalue weighted by Crippen LogP contribution is -2.29. The zero-order valence-corrected chi connectivity index (χ0v) is 18.6. The number of hydrogen-bond donors (Lipinski definition) is 2. The summed E-state index contributed by atoms with van der Waals surface area (Å²) < 4.78 is 23.3. The van der Waals surface area contributed by atoms with Gasteiger partial charge in [-0.25, -0.2) is 9.18 Å². The number of benzene rings is 1. The first-order valence-electron chi connectivity index (χ1n) is 10.8. The molecule has 1 saturated heterocycles. The third kappa shape index (κ3) is 6.87. The minimum Gasteiger partial charge on any atom is -0.490 e. The molecular weight excluding hydrogens is 405 g/mol. The zero-order valence-electron chi connectivity index (χ0n) is 17.8. The number of amides is 3. The van der Waals surface area contributed by atoms with Crippen LogP contribution in [0, 0.1) is 17.7 Å². The van der Waals surface area contributed by atoms with Crippen LogP contribution in [-0.4, -0.2) is 42.3 Å². The topological polar surface area (TPSA) is 70.7 Å². The van der Waals surface area contributed by atoms with Crippen molar-refractivity contribution in [3.8, 4) is 5.75 Å². The van der Waals surface area contributed by atoms with Crippen molar-refractivity contribution in [3.05, 3.63) is 29.6 Å². The third-order valence-electron chi connectivity index (χ3n) is 5.41. The molecule has 1 atom stereocenters. The summed E-state index contributed by atoms with van der Waals surface area (Å²) in [5, 5.41) is 2.29. The summed E-state index contributed by atoms with van der Waals surface area (Å²) in [6.45, 7) is 5.68. The fourth-order valence-corrected chi connectivity index (χ4v) is 4.43. The van der Waals surface area contributed by atoms with Crippen LogP contribution in [0.15, 0.2) is 18.2 Å². The highest BCUT2D eigenvalue weighted by atomic mass is 32.2. The molecule has 0 bridgehead atoms. The largest absolute Gasteiger partial charge is 0.490 e. The van der Waals surface area contributed by atoms with E-state index in [0.29, 0.717) is 30.7 Å². The number of rotatable bonds is 13. The lowest BCUT2D eigenvalue weighted by atomic mass is 9.97. The molecule has 0 aromatic heterocycles. The van der Waals surface area contributed by atoms with E-state index in [1.165, 1.54) is 18.9 Å². The lowest BCUT2D eigenvalue weighted by molar-refractivity contribution is -0.118. The number of carbonyl (C=O) groups is 2.